The van der Waals surface area contributed by atoms with E-state index in [1.165, 1.54) is 21.5 Å². The van der Waals surface area contributed by atoms with Gasteiger partial charge in [-0.05, 0) is 35.1 Å². The number of ether oxygens (including phenoxy) is 2. The molecule has 29 heavy (non-hydrogen) atoms. The van der Waals surface area contributed by atoms with Crippen LogP contribution in [0.25, 0.3) is 16.0 Å². The fourth-order valence-electron chi connectivity index (χ4n) is 3.02. The van der Waals surface area contributed by atoms with Gasteiger partial charge in [0.2, 0.25) is 5.78 Å². The number of hydrogen-bond acceptors (Lipinski definition) is 7. The molecule has 0 saturated carbocycles. The molecule has 0 bridgehead atoms. The quantitative estimate of drug-likeness (QED) is 0.453. The van der Waals surface area contributed by atoms with Crippen LogP contribution < -0.4 is 10.3 Å². The molecule has 3 aromatic heterocycles. The summed E-state index contributed by atoms with van der Waals surface area (Å²) >= 11 is 1.35. The SMILES string of the molecule is CC(C)c1ccc(OCC(=O)OCc2nnc3n(C)c(=O)c4sccc4n23)cc1. The standard InChI is InChI=1S/C20H20N4O4S/c1-12(2)13-4-6-14(7-5-13)27-11-17(25)28-10-16-21-22-20-23(3)19(26)18-15(24(16)20)8-9-29-18/h4-9,12H,10-11H2,1-3H3. The van der Waals surface area contributed by atoms with Crippen LogP contribution in [0.5, 0.6) is 5.75 Å². The maximum Gasteiger partial charge on any atom is 0.344 e. The molecule has 8 nitrogen and oxygen atoms in total. The molecule has 0 atom stereocenters. The molecule has 3 heterocycles. The number of carbonyl (C=O) groups is 1. The Balaban J connectivity index is 1.44. The molecule has 1 aromatic carbocycles. The zero-order valence-electron chi connectivity index (χ0n) is 16.3. The number of carbonyl (C=O) groups excluding carboxylic acids is 1. The number of esters is 1. The molecule has 0 amide bonds. The minimum atomic E-state index is -0.513. The zero-order valence-corrected chi connectivity index (χ0v) is 17.1. The van der Waals surface area contributed by atoms with Crippen molar-refractivity contribution in [1.29, 1.82) is 0 Å². The van der Waals surface area contributed by atoms with Crippen molar-refractivity contribution in [2.75, 3.05) is 6.61 Å². The van der Waals surface area contributed by atoms with Gasteiger partial charge in [0.15, 0.2) is 19.0 Å². The van der Waals surface area contributed by atoms with E-state index in [9.17, 15) is 9.59 Å². The molecular formula is C20H20N4O4S. The first-order valence-electron chi connectivity index (χ1n) is 9.14. The van der Waals surface area contributed by atoms with Crippen LogP contribution >= 0.6 is 11.3 Å². The van der Waals surface area contributed by atoms with Crippen LogP contribution in [0, 0.1) is 0 Å². The minimum Gasteiger partial charge on any atom is -0.482 e. The average molecular weight is 412 g/mol. The van der Waals surface area contributed by atoms with Gasteiger partial charge in [-0.25, -0.2) is 4.79 Å². The van der Waals surface area contributed by atoms with Crippen LogP contribution in [0.2, 0.25) is 0 Å². The molecule has 0 radical (unpaired) electrons. The van der Waals surface area contributed by atoms with Crippen LogP contribution in [-0.2, 0) is 23.2 Å². The first-order valence-corrected chi connectivity index (χ1v) is 10.0. The zero-order chi connectivity index (χ0) is 20.5. The summed E-state index contributed by atoms with van der Waals surface area (Å²) in [6.07, 6.45) is 0. The Morgan fingerprint density at radius 1 is 1.17 bits per heavy atom. The Hall–Kier alpha value is -3.20. The van der Waals surface area contributed by atoms with Crippen molar-refractivity contribution >= 4 is 33.3 Å². The summed E-state index contributed by atoms with van der Waals surface area (Å²) in [6.45, 7) is 3.95. The lowest BCUT2D eigenvalue weighted by atomic mass is 10.0. The lowest BCUT2D eigenvalue weighted by Crippen LogP contribution is -2.20. The van der Waals surface area contributed by atoms with Crippen molar-refractivity contribution in [3.63, 3.8) is 0 Å². The normalized spacial score (nSPS) is 11.4. The van der Waals surface area contributed by atoms with E-state index in [0.29, 0.717) is 33.5 Å². The second-order valence-electron chi connectivity index (χ2n) is 6.92. The van der Waals surface area contributed by atoms with E-state index in [1.54, 1.807) is 11.4 Å². The molecule has 0 N–H and O–H groups in total. The molecule has 0 saturated heterocycles. The summed E-state index contributed by atoms with van der Waals surface area (Å²) in [5, 5.41) is 9.98. The van der Waals surface area contributed by atoms with E-state index in [2.05, 4.69) is 24.0 Å². The molecular weight excluding hydrogens is 392 g/mol. The Morgan fingerprint density at radius 3 is 2.66 bits per heavy atom. The fourth-order valence-corrected chi connectivity index (χ4v) is 3.88. The molecule has 0 aliphatic heterocycles. The largest absolute Gasteiger partial charge is 0.482 e. The smallest absolute Gasteiger partial charge is 0.344 e. The van der Waals surface area contributed by atoms with Gasteiger partial charge in [-0.2, -0.15) is 0 Å². The van der Waals surface area contributed by atoms with E-state index in [4.69, 9.17) is 9.47 Å². The van der Waals surface area contributed by atoms with Crippen molar-refractivity contribution in [1.82, 2.24) is 19.2 Å². The Bertz CT molecular complexity index is 1240. The van der Waals surface area contributed by atoms with E-state index >= 15 is 0 Å². The summed E-state index contributed by atoms with van der Waals surface area (Å²) in [6, 6.07) is 9.45. The Morgan fingerprint density at radius 2 is 1.93 bits per heavy atom. The van der Waals surface area contributed by atoms with Crippen LogP contribution in [0.3, 0.4) is 0 Å². The lowest BCUT2D eigenvalue weighted by Gasteiger charge is -2.09. The maximum atomic E-state index is 12.3. The number of benzene rings is 1. The average Bonchev–Trinajstić information content (AvgIpc) is 3.36. The highest BCUT2D eigenvalue weighted by molar-refractivity contribution is 7.17. The fraction of sp³-hybridized carbons (Fsp3) is 0.300. The third-order valence-electron chi connectivity index (χ3n) is 4.66. The summed E-state index contributed by atoms with van der Waals surface area (Å²) < 4.78 is 14.6. The molecule has 4 aromatic rings. The maximum absolute atomic E-state index is 12.3. The number of aryl methyl sites for hydroxylation is 1. The molecule has 0 aliphatic carbocycles. The summed E-state index contributed by atoms with van der Waals surface area (Å²) in [4.78, 5) is 24.4. The highest BCUT2D eigenvalue weighted by Crippen LogP contribution is 2.20. The van der Waals surface area contributed by atoms with Gasteiger partial charge in [0.25, 0.3) is 5.56 Å². The number of fused-ring (bicyclic) bond motifs is 3. The van der Waals surface area contributed by atoms with Gasteiger partial charge in [-0.3, -0.25) is 13.8 Å². The molecule has 0 unspecified atom stereocenters. The van der Waals surface area contributed by atoms with Crippen molar-refractivity contribution < 1.29 is 14.3 Å². The first-order chi connectivity index (χ1) is 14.0. The van der Waals surface area contributed by atoms with Crippen LogP contribution in [-0.4, -0.2) is 31.7 Å². The number of rotatable bonds is 6. The van der Waals surface area contributed by atoms with Crippen LogP contribution in [0.1, 0.15) is 31.2 Å². The van der Waals surface area contributed by atoms with E-state index < -0.39 is 5.97 Å². The van der Waals surface area contributed by atoms with E-state index in [0.717, 1.165) is 0 Å². The van der Waals surface area contributed by atoms with Gasteiger partial charge in [0.1, 0.15) is 10.4 Å². The Kier molecular flexibility index (Phi) is 5.06. The monoisotopic (exact) mass is 412 g/mol. The van der Waals surface area contributed by atoms with Crippen molar-refractivity contribution in [3.8, 4) is 5.75 Å². The number of thiophene rings is 1. The highest BCUT2D eigenvalue weighted by atomic mass is 32.1. The number of hydrogen-bond donors (Lipinski definition) is 0. The van der Waals surface area contributed by atoms with Crippen molar-refractivity contribution in [2.24, 2.45) is 7.05 Å². The summed E-state index contributed by atoms with van der Waals surface area (Å²) in [5.74, 6) is 1.36. The summed E-state index contributed by atoms with van der Waals surface area (Å²) in [7, 11) is 1.64. The predicted molar refractivity (Wildman–Crippen MR) is 109 cm³/mol. The molecule has 150 valence electrons. The lowest BCUT2D eigenvalue weighted by molar-refractivity contribution is -0.147. The van der Waals surface area contributed by atoms with Crippen LogP contribution in [0.4, 0.5) is 0 Å². The minimum absolute atomic E-state index is 0.0706. The van der Waals surface area contributed by atoms with Gasteiger partial charge >= 0.3 is 5.97 Å². The molecule has 4 rings (SSSR count). The second-order valence-corrected chi connectivity index (χ2v) is 7.84. The molecule has 0 fully saturated rings. The molecule has 0 aliphatic rings. The van der Waals surface area contributed by atoms with Gasteiger partial charge in [0.05, 0.1) is 5.52 Å². The highest BCUT2D eigenvalue weighted by Gasteiger charge is 2.17. The van der Waals surface area contributed by atoms with E-state index in [1.807, 2.05) is 35.7 Å². The third-order valence-corrected chi connectivity index (χ3v) is 5.55. The Labute approximate surface area is 170 Å². The first kappa shape index (κ1) is 19.1. The third kappa shape index (κ3) is 3.61. The molecule has 9 heteroatoms. The van der Waals surface area contributed by atoms with Crippen molar-refractivity contribution in [2.45, 2.75) is 26.4 Å². The summed E-state index contributed by atoms with van der Waals surface area (Å²) in [5.41, 5.74) is 1.77. The van der Waals surface area contributed by atoms with Crippen molar-refractivity contribution in [3.05, 3.63) is 57.5 Å². The predicted octanol–water partition coefficient (Wildman–Crippen LogP) is 2.89. The second kappa shape index (κ2) is 7.67. The van der Waals surface area contributed by atoms with Gasteiger partial charge in [0, 0.05) is 7.05 Å². The number of aromatic nitrogens is 4. The van der Waals surface area contributed by atoms with E-state index in [-0.39, 0.29) is 18.8 Å². The van der Waals surface area contributed by atoms with Gasteiger partial charge in [-0.1, -0.05) is 26.0 Å². The van der Waals surface area contributed by atoms with Gasteiger partial charge < -0.3 is 9.47 Å². The topological polar surface area (TPSA) is 87.7 Å². The molecule has 0 spiro atoms. The van der Waals surface area contributed by atoms with Gasteiger partial charge in [-0.15, -0.1) is 21.5 Å². The van der Waals surface area contributed by atoms with Crippen LogP contribution in [0.15, 0.2) is 40.5 Å². The number of nitrogens with zero attached hydrogens (tertiary/aromatic N) is 4.